The number of hydrogen-bond donors (Lipinski definition) is 2. The van der Waals surface area contributed by atoms with Crippen molar-refractivity contribution >= 4 is 33.4 Å². The second-order valence-corrected chi connectivity index (χ2v) is 12.3. The smallest absolute Gasteiger partial charge is 0.416 e. The number of amides is 1. The molecule has 16 heteroatoms. The maximum atomic E-state index is 14.5. The molecule has 266 valence electrons. The van der Waals surface area contributed by atoms with Crippen molar-refractivity contribution in [2.75, 3.05) is 13.2 Å². The number of carbonyl (C=O) groups is 1. The SMILES string of the molecule is [N-]=[N+]=Nc1ccccc1C[C@@]1(C(=O)NCc2cc(C(F)(F)F)cc(C(F)(F)F)c2)N=C(c2ccc(OCCCO)cc2)O[C@@H]1c1ccc(Br)cc1. The zero-order valence-corrected chi connectivity index (χ0v) is 28.0. The predicted octanol–water partition coefficient (Wildman–Crippen LogP) is 9.01. The quantitative estimate of drug-likeness (QED) is 0.0489. The van der Waals surface area contributed by atoms with Crippen LogP contribution in [0.15, 0.2) is 106 Å². The Labute approximate surface area is 295 Å². The molecule has 1 heterocycles. The highest BCUT2D eigenvalue weighted by Gasteiger charge is 2.53. The van der Waals surface area contributed by atoms with Gasteiger partial charge in [0, 0.05) is 46.6 Å². The summed E-state index contributed by atoms with van der Waals surface area (Å²) in [5.41, 5.74) is 5.23. The molecule has 0 bridgehead atoms. The Morgan fingerprint density at radius 3 is 2.24 bits per heavy atom. The van der Waals surface area contributed by atoms with Gasteiger partial charge in [0.2, 0.25) is 5.90 Å². The van der Waals surface area contributed by atoms with Crippen LogP contribution in [-0.4, -0.2) is 35.7 Å². The van der Waals surface area contributed by atoms with E-state index in [0.29, 0.717) is 45.5 Å². The van der Waals surface area contributed by atoms with Crippen LogP contribution in [0.3, 0.4) is 0 Å². The van der Waals surface area contributed by atoms with Gasteiger partial charge >= 0.3 is 12.4 Å². The number of ether oxygens (including phenoxy) is 2. The third kappa shape index (κ3) is 8.82. The highest BCUT2D eigenvalue weighted by atomic mass is 79.9. The summed E-state index contributed by atoms with van der Waals surface area (Å²) in [6, 6.07) is 20.8. The molecule has 0 saturated heterocycles. The molecule has 4 aromatic rings. The second kappa shape index (κ2) is 15.5. The third-order valence-electron chi connectivity index (χ3n) is 7.91. The number of aliphatic hydroxyl groups is 1. The summed E-state index contributed by atoms with van der Waals surface area (Å²) < 4.78 is 94.4. The summed E-state index contributed by atoms with van der Waals surface area (Å²) in [6.07, 6.45) is -11.2. The molecule has 0 aromatic heterocycles. The number of benzene rings is 4. The minimum atomic E-state index is -5.09. The number of carbonyl (C=O) groups excluding carboxylic acids is 1. The van der Waals surface area contributed by atoms with Crippen molar-refractivity contribution in [2.45, 2.75) is 43.4 Å². The van der Waals surface area contributed by atoms with E-state index in [-0.39, 0.29) is 37.3 Å². The average molecular weight is 777 g/mol. The molecule has 0 spiro atoms. The molecule has 0 aliphatic carbocycles. The molecule has 1 aliphatic heterocycles. The predicted molar refractivity (Wildman–Crippen MR) is 178 cm³/mol. The Bertz CT molecular complexity index is 1920. The fourth-order valence-electron chi connectivity index (χ4n) is 5.47. The second-order valence-electron chi connectivity index (χ2n) is 11.4. The van der Waals surface area contributed by atoms with Crippen LogP contribution in [0, 0.1) is 0 Å². The fourth-order valence-corrected chi connectivity index (χ4v) is 5.74. The van der Waals surface area contributed by atoms with E-state index in [1.54, 1.807) is 66.7 Å². The standard InChI is InChI=1S/C35H28BrF6N5O4/c36-27-10-6-22(7-11-27)30-33(19-24-4-1-2-5-29(24)46-47-43,45-31(51-30)23-8-12-28(13-9-23)50-15-3-14-48)32(49)44-20-21-16-25(34(37,38)39)18-26(17-21)35(40,41)42/h1-2,4-13,16-18,30,48H,3,14-15,19-20H2,(H,44,49)/t30-,33-/m1/s1. The van der Waals surface area contributed by atoms with Crippen LogP contribution < -0.4 is 10.1 Å². The van der Waals surface area contributed by atoms with Crippen LogP contribution in [0.2, 0.25) is 0 Å². The first-order chi connectivity index (χ1) is 24.2. The Morgan fingerprint density at radius 1 is 0.980 bits per heavy atom. The number of nitrogens with one attached hydrogen (secondary N) is 1. The lowest BCUT2D eigenvalue weighted by atomic mass is 9.81. The van der Waals surface area contributed by atoms with Crippen LogP contribution in [-0.2, 0) is 34.8 Å². The highest BCUT2D eigenvalue weighted by Crippen LogP contribution is 2.44. The molecule has 0 unspecified atom stereocenters. The van der Waals surface area contributed by atoms with E-state index in [9.17, 15) is 36.7 Å². The Balaban J connectivity index is 1.61. The van der Waals surface area contributed by atoms with Gasteiger partial charge in [0.25, 0.3) is 5.91 Å². The van der Waals surface area contributed by atoms with Gasteiger partial charge in [-0.3, -0.25) is 4.79 Å². The normalized spacial score (nSPS) is 17.3. The van der Waals surface area contributed by atoms with Crippen molar-refractivity contribution in [2.24, 2.45) is 10.1 Å². The maximum Gasteiger partial charge on any atom is 0.416 e. The minimum Gasteiger partial charge on any atom is -0.494 e. The number of azide groups is 1. The first-order valence-electron chi connectivity index (χ1n) is 15.3. The zero-order valence-electron chi connectivity index (χ0n) is 26.4. The number of aliphatic hydroxyl groups excluding tert-OH is 1. The average Bonchev–Trinajstić information content (AvgIpc) is 3.48. The fraction of sp³-hybridized carbons (Fsp3) is 0.257. The summed E-state index contributed by atoms with van der Waals surface area (Å²) in [7, 11) is 0. The molecule has 0 saturated carbocycles. The highest BCUT2D eigenvalue weighted by molar-refractivity contribution is 9.10. The largest absolute Gasteiger partial charge is 0.494 e. The number of hydrogen-bond acceptors (Lipinski definition) is 6. The number of nitrogens with zero attached hydrogens (tertiary/aromatic N) is 4. The Hall–Kier alpha value is -5.05. The first kappa shape index (κ1) is 37.2. The van der Waals surface area contributed by atoms with Gasteiger partial charge in [-0.15, -0.1) is 0 Å². The molecule has 5 rings (SSSR count). The molecule has 0 radical (unpaired) electrons. The number of alkyl halides is 6. The van der Waals surface area contributed by atoms with Crippen LogP contribution in [0.4, 0.5) is 32.0 Å². The number of rotatable bonds is 12. The van der Waals surface area contributed by atoms with Crippen LogP contribution in [0.1, 0.15) is 45.9 Å². The van der Waals surface area contributed by atoms with E-state index >= 15 is 0 Å². The monoisotopic (exact) mass is 775 g/mol. The lowest BCUT2D eigenvalue weighted by Gasteiger charge is -2.31. The summed E-state index contributed by atoms with van der Waals surface area (Å²) in [6.45, 7) is -0.503. The lowest BCUT2D eigenvalue weighted by molar-refractivity contribution is -0.143. The molecular formula is C35H28BrF6N5O4. The third-order valence-corrected chi connectivity index (χ3v) is 8.44. The number of halogens is 7. The molecular weight excluding hydrogens is 748 g/mol. The molecule has 4 aromatic carbocycles. The summed E-state index contributed by atoms with van der Waals surface area (Å²) in [4.78, 5) is 22.2. The van der Waals surface area contributed by atoms with Gasteiger partial charge in [0.05, 0.1) is 17.7 Å². The Kier molecular flexibility index (Phi) is 11.3. The summed E-state index contributed by atoms with van der Waals surface area (Å²) in [5.74, 6) is -0.377. The number of aliphatic imine (C=N–C) groups is 1. The van der Waals surface area contributed by atoms with Gasteiger partial charge in [-0.05, 0) is 76.8 Å². The summed E-state index contributed by atoms with van der Waals surface area (Å²) in [5, 5.41) is 15.3. The molecule has 51 heavy (non-hydrogen) atoms. The lowest BCUT2D eigenvalue weighted by Crippen LogP contribution is -2.49. The molecule has 2 N–H and O–H groups in total. The maximum absolute atomic E-state index is 14.5. The Morgan fingerprint density at radius 2 is 1.63 bits per heavy atom. The van der Waals surface area contributed by atoms with E-state index in [4.69, 9.17) is 19.6 Å². The van der Waals surface area contributed by atoms with Crippen LogP contribution in [0.5, 0.6) is 5.75 Å². The van der Waals surface area contributed by atoms with E-state index in [1.807, 2.05) is 0 Å². The van der Waals surface area contributed by atoms with Crippen molar-refractivity contribution in [1.82, 2.24) is 5.32 Å². The van der Waals surface area contributed by atoms with E-state index in [1.165, 1.54) is 6.07 Å². The van der Waals surface area contributed by atoms with Crippen molar-refractivity contribution < 1.29 is 45.7 Å². The molecule has 1 aliphatic rings. The van der Waals surface area contributed by atoms with Crippen LogP contribution in [0.25, 0.3) is 10.4 Å². The van der Waals surface area contributed by atoms with Crippen molar-refractivity contribution in [3.63, 3.8) is 0 Å². The molecule has 1 amide bonds. The molecule has 0 fully saturated rings. The zero-order chi connectivity index (χ0) is 36.8. The van der Waals surface area contributed by atoms with Crippen LogP contribution >= 0.6 is 15.9 Å². The van der Waals surface area contributed by atoms with Gasteiger partial charge in [-0.25, -0.2) is 4.99 Å². The summed E-state index contributed by atoms with van der Waals surface area (Å²) >= 11 is 3.38. The molecule has 2 atom stereocenters. The van der Waals surface area contributed by atoms with Gasteiger partial charge in [-0.2, -0.15) is 26.3 Å². The first-order valence-corrected chi connectivity index (χ1v) is 16.1. The minimum absolute atomic E-state index is 0.00730. The topological polar surface area (TPSA) is 129 Å². The van der Waals surface area contributed by atoms with Gasteiger partial charge in [0.1, 0.15) is 5.75 Å². The van der Waals surface area contributed by atoms with Crippen molar-refractivity contribution in [3.05, 3.63) is 139 Å². The van der Waals surface area contributed by atoms with Gasteiger partial charge < -0.3 is 19.9 Å². The van der Waals surface area contributed by atoms with Crippen molar-refractivity contribution in [1.29, 1.82) is 0 Å². The van der Waals surface area contributed by atoms with E-state index < -0.39 is 53.1 Å². The van der Waals surface area contributed by atoms with Crippen molar-refractivity contribution in [3.8, 4) is 5.75 Å². The van der Waals surface area contributed by atoms with Gasteiger partial charge in [-0.1, -0.05) is 57.4 Å². The molecule has 9 nitrogen and oxygen atoms in total. The van der Waals surface area contributed by atoms with E-state index in [0.717, 1.165) is 0 Å². The van der Waals surface area contributed by atoms with E-state index in [2.05, 4.69) is 31.3 Å². The van der Waals surface area contributed by atoms with Gasteiger partial charge in [0.15, 0.2) is 11.6 Å².